The van der Waals surface area contributed by atoms with Crippen LogP contribution in [-0.4, -0.2) is 27.3 Å². The quantitative estimate of drug-likeness (QED) is 0.484. The van der Waals surface area contributed by atoms with Crippen LogP contribution in [0, 0.1) is 11.6 Å². The number of aromatic nitrogens is 3. The molecule has 4 aromatic rings. The molecule has 0 saturated carbocycles. The van der Waals surface area contributed by atoms with Crippen molar-refractivity contribution in [3.63, 3.8) is 0 Å². The highest BCUT2D eigenvalue weighted by atomic mass is 19.1. The molecule has 6 nitrogen and oxygen atoms in total. The smallest absolute Gasteiger partial charge is 0.336 e. The summed E-state index contributed by atoms with van der Waals surface area (Å²) in [4.78, 5) is 16.8. The Bertz CT molecular complexity index is 1220. The van der Waals surface area contributed by atoms with E-state index in [0.29, 0.717) is 29.4 Å². The van der Waals surface area contributed by atoms with Crippen LogP contribution in [0.15, 0.2) is 72.8 Å². The van der Waals surface area contributed by atoms with Gasteiger partial charge in [0, 0.05) is 11.3 Å². The van der Waals surface area contributed by atoms with Gasteiger partial charge in [0.2, 0.25) is 0 Å². The van der Waals surface area contributed by atoms with Crippen LogP contribution in [0.5, 0.6) is 6.01 Å². The van der Waals surface area contributed by atoms with Gasteiger partial charge in [-0.25, -0.2) is 13.5 Å². The number of amides is 1. The molecule has 1 heterocycles. The fourth-order valence-electron chi connectivity index (χ4n) is 3.01. The van der Waals surface area contributed by atoms with Gasteiger partial charge in [-0.3, -0.25) is 4.79 Å². The van der Waals surface area contributed by atoms with Gasteiger partial charge in [0.25, 0.3) is 5.91 Å². The number of benzene rings is 3. The van der Waals surface area contributed by atoms with E-state index < -0.39 is 11.7 Å². The third kappa shape index (κ3) is 4.42. The van der Waals surface area contributed by atoms with E-state index in [0.717, 1.165) is 0 Å². The zero-order valence-corrected chi connectivity index (χ0v) is 16.5. The molecule has 4 rings (SSSR count). The minimum absolute atomic E-state index is 0.0562. The first-order chi connectivity index (χ1) is 15.0. The molecule has 0 unspecified atom stereocenters. The van der Waals surface area contributed by atoms with Crippen molar-refractivity contribution in [3.05, 3.63) is 90.0 Å². The lowest BCUT2D eigenvalue weighted by Crippen LogP contribution is -2.14. The molecule has 0 saturated heterocycles. The molecule has 0 aliphatic rings. The van der Waals surface area contributed by atoms with Crippen LogP contribution < -0.4 is 10.1 Å². The van der Waals surface area contributed by atoms with Gasteiger partial charge in [-0.1, -0.05) is 18.2 Å². The Kier molecular flexibility index (Phi) is 5.70. The summed E-state index contributed by atoms with van der Waals surface area (Å²) in [5.74, 6) is -1.09. The van der Waals surface area contributed by atoms with E-state index in [4.69, 9.17) is 4.74 Å². The Morgan fingerprint density at radius 3 is 2.55 bits per heavy atom. The molecule has 1 N–H and O–H groups in total. The summed E-state index contributed by atoms with van der Waals surface area (Å²) in [5, 5.41) is 7.06. The molecule has 0 spiro atoms. The number of anilines is 1. The van der Waals surface area contributed by atoms with Gasteiger partial charge in [-0.2, -0.15) is 4.98 Å². The third-order valence-electron chi connectivity index (χ3n) is 4.43. The number of nitrogens with zero attached hydrogens (tertiary/aromatic N) is 3. The minimum Gasteiger partial charge on any atom is -0.463 e. The average molecular weight is 420 g/mol. The zero-order valence-electron chi connectivity index (χ0n) is 16.5. The van der Waals surface area contributed by atoms with Crippen molar-refractivity contribution in [2.75, 3.05) is 11.9 Å². The molecule has 0 fully saturated rings. The molecule has 8 heteroatoms. The molecular formula is C23H18F2N4O2. The third-order valence-corrected chi connectivity index (χ3v) is 4.43. The second-order valence-corrected chi connectivity index (χ2v) is 6.55. The number of nitrogens with one attached hydrogen (secondary N) is 1. The van der Waals surface area contributed by atoms with E-state index in [2.05, 4.69) is 15.4 Å². The second-order valence-electron chi connectivity index (χ2n) is 6.55. The van der Waals surface area contributed by atoms with Crippen LogP contribution in [0.3, 0.4) is 0 Å². The van der Waals surface area contributed by atoms with Crippen molar-refractivity contribution >= 4 is 11.6 Å². The molecule has 31 heavy (non-hydrogen) atoms. The minimum atomic E-state index is -0.604. The highest BCUT2D eigenvalue weighted by molar-refractivity contribution is 6.04. The normalized spacial score (nSPS) is 10.7. The lowest BCUT2D eigenvalue weighted by atomic mass is 10.2. The molecule has 1 amide bonds. The Balaban J connectivity index is 1.69. The van der Waals surface area contributed by atoms with Crippen molar-refractivity contribution in [2.24, 2.45) is 0 Å². The molecule has 0 aliphatic heterocycles. The number of hydrogen-bond donors (Lipinski definition) is 1. The number of carbonyl (C=O) groups is 1. The fraction of sp³-hybridized carbons (Fsp3) is 0.0870. The standard InChI is InChI=1S/C23H18F2N4O2/c1-2-31-23-27-21(15-10-12-16(24)13-11-15)29(28-23)18-7-5-6-17(14-18)26-22(30)19-8-3-4-9-20(19)25/h3-14H,2H2,1H3,(H,26,30). The molecule has 0 radical (unpaired) electrons. The molecule has 0 atom stereocenters. The summed E-state index contributed by atoms with van der Waals surface area (Å²) in [6, 6.07) is 18.6. The molecule has 156 valence electrons. The van der Waals surface area contributed by atoms with Gasteiger partial charge in [0.15, 0.2) is 5.82 Å². The van der Waals surface area contributed by atoms with Crippen LogP contribution in [-0.2, 0) is 0 Å². The molecule has 0 bridgehead atoms. The Morgan fingerprint density at radius 1 is 1.03 bits per heavy atom. The first-order valence-electron chi connectivity index (χ1n) is 9.57. The number of carbonyl (C=O) groups excluding carboxylic acids is 1. The van der Waals surface area contributed by atoms with Crippen LogP contribution in [0.1, 0.15) is 17.3 Å². The van der Waals surface area contributed by atoms with Crippen LogP contribution in [0.2, 0.25) is 0 Å². The summed E-state index contributed by atoms with van der Waals surface area (Å²) >= 11 is 0. The van der Waals surface area contributed by atoms with Crippen LogP contribution in [0.25, 0.3) is 17.1 Å². The lowest BCUT2D eigenvalue weighted by molar-refractivity contribution is 0.102. The van der Waals surface area contributed by atoms with Crippen molar-refractivity contribution in [2.45, 2.75) is 6.92 Å². The summed E-state index contributed by atoms with van der Waals surface area (Å²) < 4.78 is 34.2. The van der Waals surface area contributed by atoms with Crippen molar-refractivity contribution in [1.29, 1.82) is 0 Å². The van der Waals surface area contributed by atoms with E-state index in [-0.39, 0.29) is 17.4 Å². The summed E-state index contributed by atoms with van der Waals surface area (Å²) in [6.07, 6.45) is 0. The highest BCUT2D eigenvalue weighted by Gasteiger charge is 2.16. The van der Waals surface area contributed by atoms with Crippen molar-refractivity contribution in [3.8, 4) is 23.1 Å². The van der Waals surface area contributed by atoms with Crippen LogP contribution in [0.4, 0.5) is 14.5 Å². The molecule has 3 aromatic carbocycles. The van der Waals surface area contributed by atoms with Gasteiger partial charge in [-0.05, 0) is 61.5 Å². The number of hydrogen-bond acceptors (Lipinski definition) is 4. The molecule has 1 aromatic heterocycles. The predicted molar refractivity (Wildman–Crippen MR) is 112 cm³/mol. The first-order valence-corrected chi connectivity index (χ1v) is 9.57. The summed E-state index contributed by atoms with van der Waals surface area (Å²) in [5.41, 5.74) is 1.62. The Morgan fingerprint density at radius 2 is 1.81 bits per heavy atom. The Labute approximate surface area is 177 Å². The van der Waals surface area contributed by atoms with Gasteiger partial charge in [0.1, 0.15) is 11.6 Å². The Hall–Kier alpha value is -4.07. The largest absolute Gasteiger partial charge is 0.463 e. The van der Waals surface area contributed by atoms with E-state index in [1.54, 1.807) is 42.5 Å². The van der Waals surface area contributed by atoms with Crippen LogP contribution >= 0.6 is 0 Å². The second kappa shape index (κ2) is 8.74. The van der Waals surface area contributed by atoms with E-state index in [1.807, 2.05) is 6.92 Å². The zero-order chi connectivity index (χ0) is 21.8. The summed E-state index contributed by atoms with van der Waals surface area (Å²) in [6.45, 7) is 2.20. The number of halogens is 2. The van der Waals surface area contributed by atoms with Gasteiger partial charge in [-0.15, -0.1) is 5.10 Å². The maximum absolute atomic E-state index is 13.9. The van der Waals surface area contributed by atoms with Crippen molar-refractivity contribution in [1.82, 2.24) is 14.8 Å². The predicted octanol–water partition coefficient (Wildman–Crippen LogP) is 4.86. The maximum atomic E-state index is 13.9. The van der Waals surface area contributed by atoms with Crippen molar-refractivity contribution < 1.29 is 18.3 Å². The number of ether oxygens (including phenoxy) is 1. The van der Waals surface area contributed by atoms with Gasteiger partial charge < -0.3 is 10.1 Å². The maximum Gasteiger partial charge on any atom is 0.336 e. The fourth-order valence-corrected chi connectivity index (χ4v) is 3.01. The molecular weight excluding hydrogens is 402 g/mol. The SMILES string of the molecule is CCOc1nc(-c2ccc(F)cc2)n(-c2cccc(NC(=O)c3ccccc3F)c2)n1. The topological polar surface area (TPSA) is 69.0 Å². The molecule has 0 aliphatic carbocycles. The highest BCUT2D eigenvalue weighted by Crippen LogP contribution is 2.25. The monoisotopic (exact) mass is 420 g/mol. The average Bonchev–Trinajstić information content (AvgIpc) is 3.19. The van der Waals surface area contributed by atoms with Gasteiger partial charge >= 0.3 is 6.01 Å². The van der Waals surface area contributed by atoms with E-state index >= 15 is 0 Å². The lowest BCUT2D eigenvalue weighted by Gasteiger charge is -2.10. The van der Waals surface area contributed by atoms with E-state index in [1.165, 1.54) is 35.0 Å². The van der Waals surface area contributed by atoms with Gasteiger partial charge in [0.05, 0.1) is 17.9 Å². The van der Waals surface area contributed by atoms with E-state index in [9.17, 15) is 13.6 Å². The summed E-state index contributed by atoms with van der Waals surface area (Å²) in [7, 11) is 0. The number of rotatable bonds is 6. The first kappa shape index (κ1) is 20.2.